The van der Waals surface area contributed by atoms with Crippen LogP contribution in [0.3, 0.4) is 0 Å². The molecule has 196 valence electrons. The molecule has 37 heavy (non-hydrogen) atoms. The summed E-state index contributed by atoms with van der Waals surface area (Å²) in [5.41, 5.74) is 0.563. The van der Waals surface area contributed by atoms with Gasteiger partial charge in [0.2, 0.25) is 5.91 Å². The van der Waals surface area contributed by atoms with Crippen LogP contribution >= 0.6 is 7.60 Å². The average Bonchev–Trinajstić information content (AvgIpc) is 2.87. The number of nitrogens with one attached hydrogen (secondary N) is 3. The number of hydrogen-bond donors (Lipinski definition) is 7. The zero-order valence-corrected chi connectivity index (χ0v) is 20.3. The second-order valence-electron chi connectivity index (χ2n) is 8.57. The molecule has 2 amide bonds. The lowest BCUT2D eigenvalue weighted by Crippen LogP contribution is -2.56. The van der Waals surface area contributed by atoms with Gasteiger partial charge in [-0.25, -0.2) is 4.79 Å². The molecule has 2 aromatic carbocycles. The molecule has 2 aliphatic heterocycles. The van der Waals surface area contributed by atoms with Gasteiger partial charge in [-0.15, -0.1) is 0 Å². The smallest absolute Gasteiger partial charge is 0.534 e. The molecule has 2 aromatic rings. The van der Waals surface area contributed by atoms with Crippen LogP contribution in [0.2, 0.25) is 0 Å². The first-order valence-electron chi connectivity index (χ1n) is 11.3. The number of rotatable bonds is 7. The molecule has 0 saturated carbocycles. The minimum absolute atomic E-state index is 0.00724. The van der Waals surface area contributed by atoms with Crippen molar-refractivity contribution in [2.75, 3.05) is 19.7 Å². The first-order valence-corrected chi connectivity index (χ1v) is 12.9. The van der Waals surface area contributed by atoms with Gasteiger partial charge in [0.15, 0.2) is 0 Å². The van der Waals surface area contributed by atoms with Crippen molar-refractivity contribution in [2.24, 2.45) is 0 Å². The van der Waals surface area contributed by atoms with E-state index in [1.165, 1.54) is 24.3 Å². The van der Waals surface area contributed by atoms with Crippen LogP contribution in [-0.4, -0.2) is 76.6 Å². The molecular weight excluding hydrogens is 508 g/mol. The number of morpholine rings is 1. The number of carboxylic acids is 1. The summed E-state index contributed by atoms with van der Waals surface area (Å²) in [6.07, 6.45) is -0.806. The minimum Gasteiger partial charge on any atom is -0.534 e. The largest absolute Gasteiger partial charge is 0.547 e. The number of carboxylic acid groups (broad SMARTS) is 1. The van der Waals surface area contributed by atoms with Crippen molar-refractivity contribution in [1.82, 2.24) is 16.0 Å². The quantitative estimate of drug-likeness (QED) is 0.161. The number of ether oxygens (including phenoxy) is 1. The molecule has 0 spiro atoms. The summed E-state index contributed by atoms with van der Waals surface area (Å²) in [7, 11) is -6.10. The average molecular weight is 533 g/mol. The number of para-hydroxylation sites is 1. The molecule has 2 heterocycles. The maximum Gasteiger partial charge on any atom is 0.547 e. The van der Waals surface area contributed by atoms with Gasteiger partial charge >= 0.3 is 20.7 Å². The van der Waals surface area contributed by atoms with Gasteiger partial charge in [-0.05, 0) is 35.7 Å². The molecule has 0 aliphatic carbocycles. The monoisotopic (exact) mass is 533 g/mol. The van der Waals surface area contributed by atoms with E-state index in [1.54, 1.807) is 6.07 Å². The molecular formula is C22H25BN3O10P. The number of amides is 2. The van der Waals surface area contributed by atoms with Crippen LogP contribution in [0.1, 0.15) is 27.5 Å². The highest BCUT2D eigenvalue weighted by Gasteiger charge is 2.39. The fourth-order valence-electron chi connectivity index (χ4n) is 4.11. The first-order chi connectivity index (χ1) is 17.5. The Morgan fingerprint density at radius 2 is 1.86 bits per heavy atom. The number of aromatic carboxylic acids is 1. The Bertz CT molecular complexity index is 1230. The van der Waals surface area contributed by atoms with Crippen LogP contribution in [0.15, 0.2) is 42.5 Å². The van der Waals surface area contributed by atoms with Crippen LogP contribution < -0.4 is 25.9 Å². The van der Waals surface area contributed by atoms with Crippen molar-refractivity contribution >= 4 is 37.8 Å². The summed E-state index contributed by atoms with van der Waals surface area (Å²) in [6.45, 7) is 1.10. The summed E-state index contributed by atoms with van der Waals surface area (Å²) in [5.74, 6) is -3.51. The lowest BCUT2D eigenvalue weighted by molar-refractivity contribution is -0.138. The third-order valence-electron chi connectivity index (χ3n) is 6.01. The van der Waals surface area contributed by atoms with Gasteiger partial charge < -0.3 is 45.3 Å². The van der Waals surface area contributed by atoms with Crippen molar-refractivity contribution in [3.8, 4) is 5.75 Å². The predicted molar refractivity (Wildman–Crippen MR) is 129 cm³/mol. The molecule has 7 N–H and O–H groups in total. The lowest BCUT2D eigenvalue weighted by Gasteiger charge is -2.31. The standard InChI is InChI=1S/C22H25BN3O10P/c27-20(16-11-24-8-9-35-16)26-18(12-4-6-14(7-5-12)37(32,33)34)21(28)25-17-10-13-2-1-3-15(22(29)30)19(13)36-23(17)31/h1-7,16-18,24,31H,8-11H2,(H,25,28)(H,26,27)(H,29,30)(H2,32,33,34)/t16-,17+,18?/m1/s1. The number of benzene rings is 2. The maximum absolute atomic E-state index is 13.3. The van der Waals surface area contributed by atoms with E-state index in [0.29, 0.717) is 18.7 Å². The third-order valence-corrected chi connectivity index (χ3v) is 6.98. The Balaban J connectivity index is 1.56. The normalized spacial score (nSPS) is 20.2. The SMILES string of the molecule is O=C(O)c1cccc2c1OB(O)[C@@H](NC(=O)C(NC(=O)[C@H]1CNCCO1)c1ccc(P(=O)(O)O)cc1)C2. The summed E-state index contributed by atoms with van der Waals surface area (Å²) in [5, 5.41) is 27.8. The highest BCUT2D eigenvalue weighted by molar-refractivity contribution is 7.60. The molecule has 15 heteroatoms. The predicted octanol–water partition coefficient (Wildman–Crippen LogP) is -1.53. The number of fused-ring (bicyclic) bond motifs is 1. The number of hydrogen-bond acceptors (Lipinski definition) is 8. The van der Waals surface area contributed by atoms with Crippen molar-refractivity contribution < 1.29 is 48.3 Å². The Morgan fingerprint density at radius 3 is 2.49 bits per heavy atom. The topological polar surface area (TPSA) is 204 Å². The molecule has 4 rings (SSSR count). The Kier molecular flexibility index (Phi) is 7.97. The van der Waals surface area contributed by atoms with Gasteiger partial charge in [-0.1, -0.05) is 24.3 Å². The molecule has 1 unspecified atom stereocenters. The molecule has 1 fully saturated rings. The molecule has 13 nitrogen and oxygen atoms in total. The van der Waals surface area contributed by atoms with Crippen molar-refractivity contribution in [3.05, 3.63) is 59.2 Å². The zero-order valence-electron chi connectivity index (χ0n) is 19.4. The Hall–Kier alpha value is -3.26. The Labute approximate surface area is 211 Å². The fourth-order valence-corrected chi connectivity index (χ4v) is 4.65. The zero-order chi connectivity index (χ0) is 26.7. The van der Waals surface area contributed by atoms with E-state index in [4.69, 9.17) is 9.39 Å². The molecule has 0 bridgehead atoms. The van der Waals surface area contributed by atoms with E-state index in [-0.39, 0.29) is 35.1 Å². The second-order valence-corrected chi connectivity index (χ2v) is 10.2. The Morgan fingerprint density at radius 1 is 1.14 bits per heavy atom. The number of carbonyl (C=O) groups excluding carboxylic acids is 2. The highest BCUT2D eigenvalue weighted by atomic mass is 31.2. The summed E-state index contributed by atoms with van der Waals surface area (Å²) >= 11 is 0. The van der Waals surface area contributed by atoms with Gasteiger partial charge in [0.1, 0.15) is 17.9 Å². The van der Waals surface area contributed by atoms with Crippen LogP contribution in [-0.2, 0) is 25.3 Å². The molecule has 0 aromatic heterocycles. The second kappa shape index (κ2) is 11.0. The van der Waals surface area contributed by atoms with E-state index in [0.717, 1.165) is 12.1 Å². The molecule has 2 aliphatic rings. The van der Waals surface area contributed by atoms with Crippen LogP contribution in [0, 0.1) is 0 Å². The molecule has 3 atom stereocenters. The van der Waals surface area contributed by atoms with Gasteiger partial charge in [0, 0.05) is 13.1 Å². The van der Waals surface area contributed by atoms with Gasteiger partial charge in [-0.3, -0.25) is 14.2 Å². The van der Waals surface area contributed by atoms with Crippen LogP contribution in [0.5, 0.6) is 5.75 Å². The van der Waals surface area contributed by atoms with E-state index in [9.17, 15) is 38.9 Å². The summed E-state index contributed by atoms with van der Waals surface area (Å²) in [4.78, 5) is 56.4. The van der Waals surface area contributed by atoms with Crippen LogP contribution in [0.25, 0.3) is 0 Å². The van der Waals surface area contributed by atoms with Crippen molar-refractivity contribution in [1.29, 1.82) is 0 Å². The minimum atomic E-state index is -4.53. The van der Waals surface area contributed by atoms with Crippen molar-refractivity contribution in [3.63, 3.8) is 0 Å². The summed E-state index contributed by atoms with van der Waals surface area (Å²) in [6, 6.07) is 8.09. The van der Waals surface area contributed by atoms with Gasteiger partial charge in [0.25, 0.3) is 5.91 Å². The van der Waals surface area contributed by atoms with E-state index in [2.05, 4.69) is 16.0 Å². The lowest BCUT2D eigenvalue weighted by atomic mass is 9.72. The van der Waals surface area contributed by atoms with Crippen LogP contribution in [0.4, 0.5) is 0 Å². The third kappa shape index (κ3) is 6.18. The van der Waals surface area contributed by atoms with E-state index >= 15 is 0 Å². The van der Waals surface area contributed by atoms with E-state index in [1.807, 2.05) is 0 Å². The van der Waals surface area contributed by atoms with E-state index < -0.39 is 50.6 Å². The first kappa shape index (κ1) is 26.8. The maximum atomic E-state index is 13.3. The molecule has 1 saturated heterocycles. The summed E-state index contributed by atoms with van der Waals surface area (Å²) < 4.78 is 22.4. The van der Waals surface area contributed by atoms with Gasteiger partial charge in [-0.2, -0.15) is 0 Å². The fraction of sp³-hybridized carbons (Fsp3) is 0.318. The molecule has 0 radical (unpaired) electrons. The highest BCUT2D eigenvalue weighted by Crippen LogP contribution is 2.33. The number of carbonyl (C=O) groups is 3. The van der Waals surface area contributed by atoms with Crippen molar-refractivity contribution in [2.45, 2.75) is 24.5 Å². The van der Waals surface area contributed by atoms with Gasteiger partial charge in [0.05, 0.1) is 23.4 Å².